The smallest absolute Gasteiger partial charge is 0.357 e. The molecule has 1 aromatic carbocycles. The summed E-state index contributed by atoms with van der Waals surface area (Å²) in [5.74, 6) is -0.448. The summed E-state index contributed by atoms with van der Waals surface area (Å²) in [7, 11) is 0. The van der Waals surface area contributed by atoms with Gasteiger partial charge in [-0.2, -0.15) is 4.99 Å². The number of aliphatic imine (C=N–C) groups is 1. The highest BCUT2D eigenvalue weighted by molar-refractivity contribution is 6.37. The molecule has 3 amide bonds. The Kier molecular flexibility index (Phi) is 2.97. The van der Waals surface area contributed by atoms with E-state index in [0.29, 0.717) is 11.3 Å². The molecule has 5 heteroatoms. The number of hydrogen-bond donors (Lipinski definition) is 1. The lowest BCUT2D eigenvalue weighted by molar-refractivity contribution is -0.114. The molecule has 1 heterocycles. The van der Waals surface area contributed by atoms with Crippen molar-refractivity contribution < 1.29 is 9.59 Å². The van der Waals surface area contributed by atoms with Crippen LogP contribution in [0, 0.1) is 0 Å². The van der Waals surface area contributed by atoms with E-state index in [-0.39, 0.29) is 5.84 Å². The van der Waals surface area contributed by atoms with Crippen LogP contribution in [0.2, 0.25) is 0 Å². The maximum atomic E-state index is 12.3. The van der Waals surface area contributed by atoms with E-state index in [1.807, 2.05) is 6.07 Å². The van der Waals surface area contributed by atoms with Gasteiger partial charge in [0, 0.05) is 0 Å². The van der Waals surface area contributed by atoms with Crippen molar-refractivity contribution in [3.8, 4) is 0 Å². The molecule has 5 nitrogen and oxygen atoms in total. The molecule has 92 valence electrons. The third kappa shape index (κ3) is 1.90. The van der Waals surface area contributed by atoms with Crippen molar-refractivity contribution in [1.82, 2.24) is 0 Å². The average molecular weight is 243 g/mol. The predicted molar refractivity (Wildman–Crippen MR) is 69.3 cm³/mol. The lowest BCUT2D eigenvalue weighted by Gasteiger charge is -2.24. The Morgan fingerprint density at radius 3 is 2.33 bits per heavy atom. The zero-order valence-electron chi connectivity index (χ0n) is 10.2. The van der Waals surface area contributed by atoms with Crippen LogP contribution in [0.4, 0.5) is 10.5 Å². The van der Waals surface area contributed by atoms with Crippen molar-refractivity contribution in [3.05, 3.63) is 41.5 Å². The van der Waals surface area contributed by atoms with Gasteiger partial charge < -0.3 is 5.73 Å². The molecular weight excluding hydrogens is 230 g/mol. The second kappa shape index (κ2) is 4.44. The molecule has 1 aromatic rings. The Morgan fingerprint density at radius 1 is 1.17 bits per heavy atom. The quantitative estimate of drug-likeness (QED) is 0.765. The van der Waals surface area contributed by atoms with E-state index in [1.54, 1.807) is 38.1 Å². The molecule has 0 spiro atoms. The molecule has 1 aliphatic heterocycles. The minimum absolute atomic E-state index is 0.0165. The topological polar surface area (TPSA) is 75.8 Å². The molecule has 0 bridgehead atoms. The molecule has 2 rings (SSSR count). The predicted octanol–water partition coefficient (Wildman–Crippen LogP) is 1.85. The summed E-state index contributed by atoms with van der Waals surface area (Å²) < 4.78 is 0. The minimum Gasteiger partial charge on any atom is -0.383 e. The van der Waals surface area contributed by atoms with Crippen LogP contribution in [0.15, 0.2) is 46.5 Å². The Labute approximate surface area is 105 Å². The van der Waals surface area contributed by atoms with E-state index in [0.717, 1.165) is 10.5 Å². The number of nitrogens with two attached hydrogens (primary N) is 1. The first-order valence-corrected chi connectivity index (χ1v) is 5.48. The minimum atomic E-state index is -0.659. The number of nitrogens with zero attached hydrogens (tertiary/aromatic N) is 2. The first-order valence-electron chi connectivity index (χ1n) is 5.48. The number of hydrogen-bond acceptors (Lipinski definition) is 3. The number of urea groups is 1. The standard InChI is InChI=1S/C13H13N3O2/c1-8(2)10-11(14)15-13(18)16(12(10)17)9-6-4-3-5-7-9/h3-7H,1-2H3,(H2,14,15,18). The van der Waals surface area contributed by atoms with E-state index in [2.05, 4.69) is 4.99 Å². The summed E-state index contributed by atoms with van der Waals surface area (Å²) in [5, 5.41) is 0. The fourth-order valence-electron chi connectivity index (χ4n) is 1.79. The Morgan fingerprint density at radius 2 is 1.78 bits per heavy atom. The fourth-order valence-corrected chi connectivity index (χ4v) is 1.79. The number of amides is 3. The lowest BCUT2D eigenvalue weighted by atomic mass is 10.1. The van der Waals surface area contributed by atoms with E-state index >= 15 is 0 Å². The molecule has 2 N–H and O–H groups in total. The van der Waals surface area contributed by atoms with Crippen LogP contribution in [0.25, 0.3) is 0 Å². The van der Waals surface area contributed by atoms with Crippen LogP contribution in [0.5, 0.6) is 0 Å². The highest BCUT2D eigenvalue weighted by Crippen LogP contribution is 2.22. The van der Waals surface area contributed by atoms with Gasteiger partial charge >= 0.3 is 6.03 Å². The van der Waals surface area contributed by atoms with Crippen molar-refractivity contribution in [3.63, 3.8) is 0 Å². The van der Waals surface area contributed by atoms with Gasteiger partial charge in [-0.3, -0.25) is 4.79 Å². The van der Waals surface area contributed by atoms with Gasteiger partial charge in [0.05, 0.1) is 11.3 Å². The Hall–Kier alpha value is -2.43. The molecule has 0 radical (unpaired) electrons. The number of benzene rings is 1. The van der Waals surface area contributed by atoms with Gasteiger partial charge in [-0.15, -0.1) is 0 Å². The monoisotopic (exact) mass is 243 g/mol. The van der Waals surface area contributed by atoms with E-state index in [9.17, 15) is 9.59 Å². The van der Waals surface area contributed by atoms with Gasteiger partial charge in [-0.25, -0.2) is 9.69 Å². The molecule has 18 heavy (non-hydrogen) atoms. The second-order valence-electron chi connectivity index (χ2n) is 4.13. The van der Waals surface area contributed by atoms with Gasteiger partial charge in [0.1, 0.15) is 5.84 Å². The number of carbonyl (C=O) groups excluding carboxylic acids is 2. The van der Waals surface area contributed by atoms with Gasteiger partial charge in [0.15, 0.2) is 0 Å². The first-order chi connectivity index (χ1) is 8.52. The van der Waals surface area contributed by atoms with Gasteiger partial charge in [-0.1, -0.05) is 23.8 Å². The van der Waals surface area contributed by atoms with E-state index in [4.69, 9.17) is 5.73 Å². The number of allylic oxidation sites excluding steroid dienone is 1. The van der Waals surface area contributed by atoms with Crippen molar-refractivity contribution in [2.45, 2.75) is 13.8 Å². The number of imide groups is 1. The van der Waals surface area contributed by atoms with E-state index in [1.165, 1.54) is 0 Å². The maximum Gasteiger partial charge on any atom is 0.357 e. The van der Waals surface area contributed by atoms with Crippen LogP contribution < -0.4 is 10.6 Å². The van der Waals surface area contributed by atoms with Gasteiger partial charge in [0.2, 0.25) is 0 Å². The molecule has 0 saturated carbocycles. The van der Waals surface area contributed by atoms with Crippen LogP contribution in [0.1, 0.15) is 13.8 Å². The number of amidine groups is 1. The summed E-state index contributed by atoms with van der Waals surface area (Å²) in [4.78, 5) is 28.8. The number of rotatable bonds is 1. The van der Waals surface area contributed by atoms with Gasteiger partial charge in [-0.05, 0) is 26.0 Å². The lowest BCUT2D eigenvalue weighted by Crippen LogP contribution is -2.45. The van der Waals surface area contributed by atoms with E-state index < -0.39 is 11.9 Å². The average Bonchev–Trinajstić information content (AvgIpc) is 2.28. The van der Waals surface area contributed by atoms with Crippen LogP contribution in [-0.4, -0.2) is 17.8 Å². The first kappa shape index (κ1) is 12.0. The summed E-state index contributed by atoms with van der Waals surface area (Å²) in [6, 6.07) is 8.00. The molecule has 0 unspecified atom stereocenters. The molecular formula is C13H13N3O2. The fraction of sp³-hybridized carbons (Fsp3) is 0.154. The zero-order chi connectivity index (χ0) is 13.3. The second-order valence-corrected chi connectivity index (χ2v) is 4.13. The third-order valence-electron chi connectivity index (χ3n) is 2.59. The Balaban J connectivity index is 2.55. The third-order valence-corrected chi connectivity index (χ3v) is 2.59. The molecule has 0 aromatic heterocycles. The molecule has 0 fully saturated rings. The summed E-state index contributed by atoms with van der Waals surface area (Å²) in [5.41, 5.74) is 7.13. The van der Waals surface area contributed by atoms with Gasteiger partial charge in [0.25, 0.3) is 5.91 Å². The van der Waals surface area contributed by atoms with Crippen molar-refractivity contribution in [1.29, 1.82) is 0 Å². The van der Waals surface area contributed by atoms with Crippen LogP contribution >= 0.6 is 0 Å². The maximum absolute atomic E-state index is 12.3. The molecule has 0 saturated heterocycles. The molecule has 1 aliphatic rings. The number of carbonyl (C=O) groups is 2. The van der Waals surface area contributed by atoms with Crippen molar-refractivity contribution in [2.24, 2.45) is 10.7 Å². The van der Waals surface area contributed by atoms with Crippen molar-refractivity contribution in [2.75, 3.05) is 4.90 Å². The normalized spacial score (nSPS) is 15.8. The largest absolute Gasteiger partial charge is 0.383 e. The van der Waals surface area contributed by atoms with Crippen LogP contribution in [0.3, 0.4) is 0 Å². The highest BCUT2D eigenvalue weighted by Gasteiger charge is 2.33. The highest BCUT2D eigenvalue weighted by atomic mass is 16.2. The van der Waals surface area contributed by atoms with Crippen molar-refractivity contribution >= 4 is 23.5 Å². The molecule has 0 aliphatic carbocycles. The molecule has 0 atom stereocenters. The van der Waals surface area contributed by atoms with Crippen LogP contribution in [-0.2, 0) is 4.79 Å². The summed E-state index contributed by atoms with van der Waals surface area (Å²) in [6.45, 7) is 3.52. The Bertz CT molecular complexity index is 569. The number of anilines is 1. The SMILES string of the molecule is CC(C)=C1C(=O)N(c2ccccc2)C(=O)N=C1N. The number of para-hydroxylation sites is 1. The summed E-state index contributed by atoms with van der Waals surface area (Å²) >= 11 is 0. The zero-order valence-corrected chi connectivity index (χ0v) is 10.2. The summed E-state index contributed by atoms with van der Waals surface area (Å²) in [6.07, 6.45) is 0.